The average Bonchev–Trinajstić information content (AvgIpc) is 2.38. The van der Waals surface area contributed by atoms with Crippen LogP contribution in [0.15, 0.2) is 24.3 Å². The predicted molar refractivity (Wildman–Crippen MR) is 75.2 cm³/mol. The summed E-state index contributed by atoms with van der Waals surface area (Å²) in [6.07, 6.45) is 10.9. The van der Waals surface area contributed by atoms with Gasteiger partial charge in [-0.05, 0) is 48.9 Å². The number of benzene rings is 1. The topological polar surface area (TPSA) is 0 Å². The summed E-state index contributed by atoms with van der Waals surface area (Å²) in [5, 5.41) is 0. The molecule has 1 heteroatoms. The fourth-order valence-corrected chi connectivity index (χ4v) is 2.90. The molecular weight excluding hydrogens is 211 g/mol. The summed E-state index contributed by atoms with van der Waals surface area (Å²) >= 11 is 0. The first kappa shape index (κ1) is 12.1. The van der Waals surface area contributed by atoms with E-state index in [0.717, 1.165) is 5.92 Å². The molecule has 16 heavy (non-hydrogen) atoms. The first-order valence-corrected chi connectivity index (χ1v) is 7.50. The summed E-state index contributed by atoms with van der Waals surface area (Å²) in [5.74, 6) is 0.851. The molecule has 0 bridgehead atoms. The highest BCUT2D eigenvalue weighted by atomic mass is 31.0. The van der Waals surface area contributed by atoms with Gasteiger partial charge in [0.1, 0.15) is 0 Å². The molecule has 0 radical (unpaired) electrons. The zero-order valence-electron chi connectivity index (χ0n) is 10.1. The van der Waals surface area contributed by atoms with E-state index in [0.29, 0.717) is 0 Å². The molecule has 0 N–H and O–H groups in total. The van der Waals surface area contributed by atoms with Crippen molar-refractivity contribution in [3.63, 3.8) is 0 Å². The van der Waals surface area contributed by atoms with Gasteiger partial charge in [-0.3, -0.25) is 0 Å². The monoisotopic (exact) mass is 234 g/mol. The Bertz CT molecular complexity index is 296. The van der Waals surface area contributed by atoms with E-state index in [2.05, 4.69) is 33.5 Å². The lowest BCUT2D eigenvalue weighted by Gasteiger charge is -2.22. The molecule has 1 unspecified atom stereocenters. The van der Waals surface area contributed by atoms with Gasteiger partial charge in [0.25, 0.3) is 0 Å². The van der Waals surface area contributed by atoms with Crippen LogP contribution < -0.4 is 0 Å². The van der Waals surface area contributed by atoms with Crippen LogP contribution in [0.2, 0.25) is 0 Å². The molecule has 1 aromatic rings. The Hall–Kier alpha value is -0.350. The molecule has 0 heterocycles. The Morgan fingerprint density at radius 3 is 2.31 bits per heavy atom. The highest BCUT2D eigenvalue weighted by Gasteiger charge is 2.14. The van der Waals surface area contributed by atoms with Gasteiger partial charge in [0, 0.05) is 0 Å². The lowest BCUT2D eigenvalue weighted by Crippen LogP contribution is -2.04. The molecule has 1 aliphatic rings. The molecule has 88 valence electrons. The highest BCUT2D eigenvalue weighted by Crippen LogP contribution is 2.32. The number of hydrogen-bond donors (Lipinski definition) is 0. The zero-order chi connectivity index (χ0) is 11.2. The van der Waals surface area contributed by atoms with E-state index in [1.54, 1.807) is 5.56 Å². The fourth-order valence-electron chi connectivity index (χ4n) is 2.70. The van der Waals surface area contributed by atoms with Crippen molar-refractivity contribution in [1.82, 2.24) is 0 Å². The van der Waals surface area contributed by atoms with Crippen molar-refractivity contribution in [1.29, 1.82) is 0 Å². The van der Waals surface area contributed by atoms with Gasteiger partial charge >= 0.3 is 0 Å². The molecule has 0 aromatic heterocycles. The molecule has 2 rings (SSSR count). The SMILES string of the molecule is PCCCc1ccc(C2CCCCC2)cc1. The van der Waals surface area contributed by atoms with Crippen LogP contribution >= 0.6 is 9.24 Å². The van der Waals surface area contributed by atoms with Gasteiger partial charge in [0.05, 0.1) is 0 Å². The second-order valence-electron chi connectivity index (χ2n) is 4.97. The first-order chi connectivity index (χ1) is 7.90. The van der Waals surface area contributed by atoms with Crippen LogP contribution in [-0.4, -0.2) is 6.16 Å². The van der Waals surface area contributed by atoms with Crippen LogP contribution in [0, 0.1) is 0 Å². The van der Waals surface area contributed by atoms with Crippen molar-refractivity contribution < 1.29 is 0 Å². The van der Waals surface area contributed by atoms with E-state index >= 15 is 0 Å². The van der Waals surface area contributed by atoms with Crippen molar-refractivity contribution in [2.24, 2.45) is 0 Å². The minimum absolute atomic E-state index is 0.851. The molecule has 0 nitrogen and oxygen atoms in total. The average molecular weight is 234 g/mol. The summed E-state index contributed by atoms with van der Waals surface area (Å²) in [6.45, 7) is 0. The van der Waals surface area contributed by atoms with Gasteiger partial charge in [-0.25, -0.2) is 0 Å². The van der Waals surface area contributed by atoms with Crippen LogP contribution in [0.1, 0.15) is 55.6 Å². The molecule has 0 saturated heterocycles. The van der Waals surface area contributed by atoms with Crippen LogP contribution in [-0.2, 0) is 6.42 Å². The molecule has 1 aliphatic carbocycles. The third kappa shape index (κ3) is 3.32. The summed E-state index contributed by atoms with van der Waals surface area (Å²) in [5.41, 5.74) is 3.08. The Morgan fingerprint density at radius 2 is 1.69 bits per heavy atom. The number of hydrogen-bond acceptors (Lipinski definition) is 0. The van der Waals surface area contributed by atoms with Gasteiger partial charge in [-0.1, -0.05) is 43.5 Å². The van der Waals surface area contributed by atoms with Gasteiger partial charge in [0.2, 0.25) is 0 Å². The first-order valence-electron chi connectivity index (χ1n) is 6.69. The minimum atomic E-state index is 0.851. The van der Waals surface area contributed by atoms with E-state index in [-0.39, 0.29) is 0 Å². The highest BCUT2D eigenvalue weighted by molar-refractivity contribution is 7.16. The molecule has 0 amide bonds. The second-order valence-corrected chi connectivity index (χ2v) is 5.55. The standard InChI is InChI=1S/C15H23P/c16-12-4-5-13-8-10-15(11-9-13)14-6-2-1-3-7-14/h8-11,14H,1-7,12,16H2. The Kier molecular flexibility index (Phi) is 4.85. The molecule has 1 aromatic carbocycles. The summed E-state index contributed by atoms with van der Waals surface area (Å²) < 4.78 is 0. The van der Waals surface area contributed by atoms with E-state index in [1.807, 2.05) is 0 Å². The fraction of sp³-hybridized carbons (Fsp3) is 0.600. The van der Waals surface area contributed by atoms with E-state index in [1.165, 1.54) is 56.7 Å². The summed E-state index contributed by atoms with van der Waals surface area (Å²) in [7, 11) is 2.80. The summed E-state index contributed by atoms with van der Waals surface area (Å²) in [4.78, 5) is 0. The summed E-state index contributed by atoms with van der Waals surface area (Å²) in [6, 6.07) is 9.41. The predicted octanol–water partition coefficient (Wildman–Crippen LogP) is 4.54. The third-order valence-electron chi connectivity index (χ3n) is 3.73. The molecule has 1 saturated carbocycles. The third-order valence-corrected chi connectivity index (χ3v) is 4.13. The maximum Gasteiger partial charge on any atom is -0.0162 e. The van der Waals surface area contributed by atoms with Gasteiger partial charge < -0.3 is 0 Å². The Labute approximate surface area is 102 Å². The molecule has 0 spiro atoms. The maximum atomic E-state index is 2.80. The lowest BCUT2D eigenvalue weighted by atomic mass is 9.84. The molecule has 0 aliphatic heterocycles. The number of rotatable bonds is 4. The number of aryl methyl sites for hydroxylation is 1. The van der Waals surface area contributed by atoms with Crippen LogP contribution in [0.5, 0.6) is 0 Å². The van der Waals surface area contributed by atoms with Crippen molar-refractivity contribution >= 4 is 9.24 Å². The largest absolute Gasteiger partial charge is 0.138 e. The molecule has 1 fully saturated rings. The van der Waals surface area contributed by atoms with Crippen LogP contribution in [0.25, 0.3) is 0 Å². The maximum absolute atomic E-state index is 2.80. The van der Waals surface area contributed by atoms with Crippen LogP contribution in [0.3, 0.4) is 0 Å². The lowest BCUT2D eigenvalue weighted by molar-refractivity contribution is 0.443. The smallest absolute Gasteiger partial charge is 0.0162 e. The van der Waals surface area contributed by atoms with Crippen molar-refractivity contribution in [3.8, 4) is 0 Å². The molecule has 1 atom stereocenters. The van der Waals surface area contributed by atoms with E-state index in [9.17, 15) is 0 Å². The molecular formula is C15H23P. The minimum Gasteiger partial charge on any atom is -0.138 e. The quantitative estimate of drug-likeness (QED) is 0.671. The Balaban J connectivity index is 1.95. The van der Waals surface area contributed by atoms with E-state index < -0.39 is 0 Å². The van der Waals surface area contributed by atoms with Crippen LogP contribution in [0.4, 0.5) is 0 Å². The van der Waals surface area contributed by atoms with Crippen molar-refractivity contribution in [2.75, 3.05) is 6.16 Å². The van der Waals surface area contributed by atoms with Crippen molar-refractivity contribution in [2.45, 2.75) is 50.9 Å². The van der Waals surface area contributed by atoms with E-state index in [4.69, 9.17) is 0 Å². The van der Waals surface area contributed by atoms with Gasteiger partial charge in [-0.15, -0.1) is 9.24 Å². The second kappa shape index (κ2) is 6.40. The zero-order valence-corrected chi connectivity index (χ0v) is 11.3. The Morgan fingerprint density at radius 1 is 1.00 bits per heavy atom. The van der Waals surface area contributed by atoms with Gasteiger partial charge in [-0.2, -0.15) is 0 Å². The van der Waals surface area contributed by atoms with Crippen molar-refractivity contribution in [3.05, 3.63) is 35.4 Å². The van der Waals surface area contributed by atoms with Gasteiger partial charge in [0.15, 0.2) is 0 Å². The normalized spacial score (nSPS) is 17.6.